The number of cyclic esters (lactones) is 1. The van der Waals surface area contributed by atoms with Crippen molar-refractivity contribution in [3.8, 4) is 5.75 Å². The molecule has 0 radical (unpaired) electrons. The number of aryl methyl sites for hydroxylation is 2. The zero-order valence-corrected chi connectivity index (χ0v) is 29.1. The Labute approximate surface area is 284 Å². The fraction of sp³-hybridized carbons (Fsp3) is 0.579. The van der Waals surface area contributed by atoms with Gasteiger partial charge in [-0.2, -0.15) is 0 Å². The average Bonchev–Trinajstić information content (AvgIpc) is 3.67. The second kappa shape index (κ2) is 15.5. The van der Waals surface area contributed by atoms with Gasteiger partial charge in [0, 0.05) is 12.1 Å². The van der Waals surface area contributed by atoms with E-state index >= 15 is 0 Å². The van der Waals surface area contributed by atoms with E-state index in [9.17, 15) is 19.2 Å². The monoisotopic (exact) mass is 661 g/mol. The largest absolute Gasteiger partial charge is 0.488 e. The molecule has 3 aliphatic rings. The summed E-state index contributed by atoms with van der Waals surface area (Å²) in [7, 11) is 0. The fourth-order valence-electron chi connectivity index (χ4n) is 7.43. The fourth-order valence-corrected chi connectivity index (χ4v) is 7.43. The zero-order valence-electron chi connectivity index (χ0n) is 29.1. The van der Waals surface area contributed by atoms with Crippen LogP contribution in [0.4, 0.5) is 0 Å². The number of ether oxygens (including phenoxy) is 3. The Morgan fingerprint density at radius 1 is 1.02 bits per heavy atom. The first-order valence-electron chi connectivity index (χ1n) is 17.5. The number of esters is 1. The lowest BCUT2D eigenvalue weighted by Crippen LogP contribution is -2.55. The molecular formula is C38H51N3O7. The van der Waals surface area contributed by atoms with Crippen LogP contribution in [0.3, 0.4) is 0 Å². The third-order valence-electron chi connectivity index (χ3n) is 10.1. The number of nitrogens with zero attached hydrogens (tertiary/aromatic N) is 1. The molecule has 0 spiro atoms. The summed E-state index contributed by atoms with van der Waals surface area (Å²) in [5, 5.41) is 5.80. The first-order valence-corrected chi connectivity index (χ1v) is 17.5. The predicted octanol–water partition coefficient (Wildman–Crippen LogP) is 5.23. The standard InChI is InChI=1S/C38H51N3O7/c1-22(2)29-15-14-23(3)17-32(29)47-38-30(20-33(42)48-38)40-36(44)31-13-10-16-41(31)37(45)26(6)39-35(43)28-18-24(4)34(25(5)19-28)46-21-27-11-8-7-9-12-27/h7-9,11-12,18-19,22-23,26,29-32,38H,10,13-17,20-21H2,1-6H3,(H,39,43)(H,40,44)/t23-,26?,29+,30?,31?,32-,38?/m1/s1. The van der Waals surface area contributed by atoms with Crippen LogP contribution in [-0.2, 0) is 30.5 Å². The minimum absolute atomic E-state index is 0.0209. The van der Waals surface area contributed by atoms with Crippen LogP contribution in [0.25, 0.3) is 0 Å². The smallest absolute Gasteiger partial charge is 0.310 e. The summed E-state index contributed by atoms with van der Waals surface area (Å²) < 4.78 is 18.0. The highest BCUT2D eigenvalue weighted by molar-refractivity contribution is 5.99. The van der Waals surface area contributed by atoms with Gasteiger partial charge in [-0.3, -0.25) is 19.2 Å². The Hall–Kier alpha value is -3.92. The molecule has 0 bridgehead atoms. The van der Waals surface area contributed by atoms with Crippen molar-refractivity contribution in [1.29, 1.82) is 0 Å². The van der Waals surface area contributed by atoms with Crippen LogP contribution in [0.1, 0.15) is 93.3 Å². The van der Waals surface area contributed by atoms with Crippen molar-refractivity contribution in [1.82, 2.24) is 15.5 Å². The van der Waals surface area contributed by atoms with E-state index in [0.717, 1.165) is 41.7 Å². The summed E-state index contributed by atoms with van der Waals surface area (Å²) in [5.41, 5.74) is 3.12. The normalized spacial score (nSPS) is 26.2. The van der Waals surface area contributed by atoms with Crippen LogP contribution in [0.15, 0.2) is 42.5 Å². The first-order chi connectivity index (χ1) is 22.9. The lowest BCUT2D eigenvalue weighted by Gasteiger charge is -2.39. The highest BCUT2D eigenvalue weighted by atomic mass is 16.7. The third kappa shape index (κ3) is 8.38. The molecule has 2 aromatic rings. The van der Waals surface area contributed by atoms with Crippen molar-refractivity contribution in [3.05, 3.63) is 64.7 Å². The number of likely N-dealkylation sites (tertiary alicyclic amines) is 1. The number of hydrogen-bond acceptors (Lipinski definition) is 7. The highest BCUT2D eigenvalue weighted by Crippen LogP contribution is 2.37. The van der Waals surface area contributed by atoms with E-state index in [1.165, 1.54) is 4.90 Å². The number of hydrogen-bond donors (Lipinski definition) is 2. The lowest BCUT2D eigenvalue weighted by atomic mass is 9.75. The topological polar surface area (TPSA) is 123 Å². The molecule has 10 nitrogen and oxygen atoms in total. The van der Waals surface area contributed by atoms with Crippen LogP contribution >= 0.6 is 0 Å². The summed E-state index contributed by atoms with van der Waals surface area (Å²) >= 11 is 0. The molecule has 0 aromatic heterocycles. The summed E-state index contributed by atoms with van der Waals surface area (Å²) in [6.45, 7) is 12.8. The summed E-state index contributed by atoms with van der Waals surface area (Å²) in [4.78, 5) is 54.3. The number of carbonyl (C=O) groups excluding carboxylic acids is 4. The van der Waals surface area contributed by atoms with Gasteiger partial charge >= 0.3 is 5.97 Å². The van der Waals surface area contributed by atoms with Crippen LogP contribution in [0.2, 0.25) is 0 Å². The van der Waals surface area contributed by atoms with Gasteiger partial charge in [0.15, 0.2) is 0 Å². The maximum atomic E-state index is 13.6. The Bertz CT molecular complexity index is 1450. The van der Waals surface area contributed by atoms with Gasteiger partial charge in [-0.25, -0.2) is 0 Å². The molecule has 10 heteroatoms. The zero-order chi connectivity index (χ0) is 34.5. The van der Waals surface area contributed by atoms with Gasteiger partial charge in [0.05, 0.1) is 12.5 Å². The summed E-state index contributed by atoms with van der Waals surface area (Å²) in [5.74, 6) is 0.561. The molecule has 2 N–H and O–H groups in total. The SMILES string of the molecule is Cc1cc(C(=O)NC(C)C(=O)N2CCCC2C(=O)NC2CC(=O)OC2O[C@@H]2C[C@H](C)CC[C@H]2C(C)C)cc(C)c1OCc1ccccc1. The van der Waals surface area contributed by atoms with Gasteiger partial charge in [-0.1, -0.05) is 57.5 Å². The van der Waals surface area contributed by atoms with Crippen molar-refractivity contribution in [2.45, 2.75) is 117 Å². The molecule has 4 unspecified atom stereocenters. The maximum Gasteiger partial charge on any atom is 0.310 e. The molecule has 7 atom stereocenters. The molecule has 2 heterocycles. The van der Waals surface area contributed by atoms with E-state index in [1.54, 1.807) is 19.1 Å². The van der Waals surface area contributed by atoms with E-state index < -0.39 is 30.4 Å². The lowest BCUT2D eigenvalue weighted by molar-refractivity contribution is -0.191. The molecule has 2 aliphatic heterocycles. The maximum absolute atomic E-state index is 13.6. The molecule has 5 rings (SSSR count). The molecule has 260 valence electrons. The van der Waals surface area contributed by atoms with Gasteiger partial charge < -0.3 is 29.7 Å². The minimum Gasteiger partial charge on any atom is -0.488 e. The number of carbonyl (C=O) groups is 4. The van der Waals surface area contributed by atoms with Gasteiger partial charge in [0.25, 0.3) is 5.91 Å². The van der Waals surface area contributed by atoms with Gasteiger partial charge in [-0.15, -0.1) is 0 Å². The molecule has 3 fully saturated rings. The highest BCUT2D eigenvalue weighted by Gasteiger charge is 2.44. The Morgan fingerprint density at radius 2 is 1.73 bits per heavy atom. The van der Waals surface area contributed by atoms with E-state index in [-0.39, 0.29) is 30.2 Å². The van der Waals surface area contributed by atoms with E-state index in [2.05, 4.69) is 31.4 Å². The Kier molecular flexibility index (Phi) is 11.5. The second-order valence-corrected chi connectivity index (χ2v) is 14.3. The van der Waals surface area contributed by atoms with E-state index in [1.807, 2.05) is 44.2 Å². The quantitative estimate of drug-likeness (QED) is 0.317. The van der Waals surface area contributed by atoms with Gasteiger partial charge in [0.1, 0.15) is 30.5 Å². The van der Waals surface area contributed by atoms with Crippen LogP contribution in [-0.4, -0.2) is 65.7 Å². The molecule has 2 saturated heterocycles. The first kappa shape index (κ1) is 35.4. The van der Waals surface area contributed by atoms with Crippen molar-refractivity contribution in [2.75, 3.05) is 6.54 Å². The van der Waals surface area contributed by atoms with E-state index in [0.29, 0.717) is 49.3 Å². The van der Waals surface area contributed by atoms with Crippen LogP contribution in [0, 0.1) is 31.6 Å². The van der Waals surface area contributed by atoms with Crippen molar-refractivity contribution in [2.24, 2.45) is 17.8 Å². The van der Waals surface area contributed by atoms with Crippen LogP contribution in [0.5, 0.6) is 5.75 Å². The Balaban J connectivity index is 1.18. The molecule has 3 amide bonds. The number of amides is 3. The molecule has 1 saturated carbocycles. The van der Waals surface area contributed by atoms with Gasteiger partial charge in [0.2, 0.25) is 18.1 Å². The molecule has 1 aliphatic carbocycles. The summed E-state index contributed by atoms with van der Waals surface area (Å²) in [6.07, 6.45) is 3.35. The Morgan fingerprint density at radius 3 is 2.42 bits per heavy atom. The number of benzene rings is 2. The number of nitrogens with one attached hydrogen (secondary N) is 2. The van der Waals surface area contributed by atoms with Crippen LogP contribution < -0.4 is 15.4 Å². The van der Waals surface area contributed by atoms with Crippen molar-refractivity contribution in [3.63, 3.8) is 0 Å². The van der Waals surface area contributed by atoms with E-state index in [4.69, 9.17) is 14.2 Å². The van der Waals surface area contributed by atoms with Crippen molar-refractivity contribution < 1.29 is 33.4 Å². The van der Waals surface area contributed by atoms with Gasteiger partial charge in [-0.05, 0) is 93.0 Å². The molecular weight excluding hydrogens is 610 g/mol. The van der Waals surface area contributed by atoms with Crippen molar-refractivity contribution >= 4 is 23.7 Å². The molecule has 2 aromatic carbocycles. The second-order valence-electron chi connectivity index (χ2n) is 14.3. The average molecular weight is 662 g/mol. The predicted molar refractivity (Wildman–Crippen MR) is 181 cm³/mol. The molecule has 48 heavy (non-hydrogen) atoms. The third-order valence-corrected chi connectivity index (χ3v) is 10.1. The minimum atomic E-state index is -0.858. The number of rotatable bonds is 11. The summed E-state index contributed by atoms with van der Waals surface area (Å²) in [6, 6.07) is 11.2.